The van der Waals surface area contributed by atoms with Gasteiger partial charge in [0, 0.05) is 12.0 Å². The molecule has 0 aliphatic heterocycles. The lowest BCUT2D eigenvalue weighted by Crippen LogP contribution is -1.68. The lowest BCUT2D eigenvalue weighted by molar-refractivity contribution is 1.07. The number of hydrogen-bond acceptors (Lipinski definition) is 1. The maximum atomic E-state index is 8.26. The molecule has 0 atom stereocenters. The minimum Gasteiger partial charge on any atom is -0.193 e. The van der Waals surface area contributed by atoms with Crippen molar-refractivity contribution >= 4 is 0 Å². The van der Waals surface area contributed by atoms with Gasteiger partial charge in [-0.15, -0.1) is 12.3 Å². The number of hydrogen-bond donors (Lipinski definition) is 0. The van der Waals surface area contributed by atoms with Crippen LogP contribution in [0.25, 0.3) is 0 Å². The Morgan fingerprint density at radius 1 is 1.78 bits per heavy atom. The lowest BCUT2D eigenvalue weighted by Gasteiger charge is -1.82. The van der Waals surface area contributed by atoms with Crippen LogP contribution in [0.15, 0.2) is 11.6 Å². The summed E-state index contributed by atoms with van der Waals surface area (Å²) in [5, 5.41) is 8.26. The van der Waals surface area contributed by atoms with E-state index < -0.39 is 0 Å². The third kappa shape index (κ3) is 4.65. The van der Waals surface area contributed by atoms with Crippen LogP contribution in [0.4, 0.5) is 0 Å². The Morgan fingerprint density at radius 2 is 2.44 bits per heavy atom. The quantitative estimate of drug-likeness (QED) is 0.309. The summed E-state index contributed by atoms with van der Waals surface area (Å²) in [5.41, 5.74) is 0.741. The summed E-state index contributed by atoms with van der Waals surface area (Å²) in [4.78, 5) is 0. The molecule has 0 radical (unpaired) electrons. The molecule has 0 aromatic rings. The van der Waals surface area contributed by atoms with Crippen LogP contribution in [-0.4, -0.2) is 0 Å². The first-order valence-corrected chi connectivity index (χ1v) is 2.81. The SMILES string of the molecule is C#CCC/C=C(\C)C#N. The van der Waals surface area contributed by atoms with Crippen molar-refractivity contribution in [2.45, 2.75) is 19.8 Å². The van der Waals surface area contributed by atoms with E-state index in [1.807, 2.05) is 12.1 Å². The molecule has 46 valence electrons. The molecule has 9 heavy (non-hydrogen) atoms. The van der Waals surface area contributed by atoms with Crippen LogP contribution in [0.3, 0.4) is 0 Å². The molecule has 1 heteroatoms. The van der Waals surface area contributed by atoms with Gasteiger partial charge >= 0.3 is 0 Å². The molecule has 1 nitrogen and oxygen atoms in total. The number of allylic oxidation sites excluding steroid dienone is 2. The van der Waals surface area contributed by atoms with E-state index in [4.69, 9.17) is 11.7 Å². The summed E-state index contributed by atoms with van der Waals surface area (Å²) < 4.78 is 0. The third-order valence-electron chi connectivity index (χ3n) is 0.916. The summed E-state index contributed by atoms with van der Waals surface area (Å²) in [6.45, 7) is 1.77. The number of unbranched alkanes of at least 4 members (excludes halogenated alkanes) is 1. The maximum Gasteiger partial charge on any atom is 0.0940 e. The highest BCUT2D eigenvalue weighted by molar-refractivity contribution is 5.17. The first-order valence-electron chi connectivity index (χ1n) is 2.81. The zero-order valence-electron chi connectivity index (χ0n) is 5.52. The molecule has 0 aromatic heterocycles. The molecule has 0 heterocycles. The van der Waals surface area contributed by atoms with Crippen molar-refractivity contribution < 1.29 is 0 Å². The molecule has 0 saturated heterocycles. The van der Waals surface area contributed by atoms with Crippen LogP contribution in [-0.2, 0) is 0 Å². The van der Waals surface area contributed by atoms with Gasteiger partial charge in [0.1, 0.15) is 0 Å². The van der Waals surface area contributed by atoms with E-state index in [1.165, 1.54) is 0 Å². The highest BCUT2D eigenvalue weighted by Gasteiger charge is 1.80. The summed E-state index contributed by atoms with van der Waals surface area (Å²) >= 11 is 0. The number of rotatable bonds is 2. The fourth-order valence-corrected chi connectivity index (χ4v) is 0.418. The van der Waals surface area contributed by atoms with E-state index in [9.17, 15) is 0 Å². The molecule has 0 fully saturated rings. The monoisotopic (exact) mass is 119 g/mol. The highest BCUT2D eigenvalue weighted by Crippen LogP contribution is 1.94. The van der Waals surface area contributed by atoms with E-state index in [0.717, 1.165) is 18.4 Å². The summed E-state index contributed by atoms with van der Waals surface area (Å²) in [5.74, 6) is 2.49. The standard InChI is InChI=1S/C8H9N/c1-3-4-5-6-8(2)7-9/h1,6H,4-5H2,2H3/b8-6+. The van der Waals surface area contributed by atoms with Crippen LogP contribution in [0, 0.1) is 23.7 Å². The van der Waals surface area contributed by atoms with Gasteiger partial charge in [-0.25, -0.2) is 0 Å². The van der Waals surface area contributed by atoms with Crippen molar-refractivity contribution in [3.63, 3.8) is 0 Å². The van der Waals surface area contributed by atoms with Crippen molar-refractivity contribution in [3.05, 3.63) is 11.6 Å². The van der Waals surface area contributed by atoms with Gasteiger partial charge in [-0.3, -0.25) is 0 Å². The summed E-state index contributed by atoms with van der Waals surface area (Å²) in [6, 6.07) is 2.02. The van der Waals surface area contributed by atoms with Crippen molar-refractivity contribution in [3.8, 4) is 18.4 Å². The van der Waals surface area contributed by atoms with E-state index in [2.05, 4.69) is 5.92 Å². The molecule has 0 aliphatic rings. The highest BCUT2D eigenvalue weighted by atomic mass is 14.2. The van der Waals surface area contributed by atoms with Gasteiger partial charge in [0.15, 0.2) is 0 Å². The molecule has 0 amide bonds. The van der Waals surface area contributed by atoms with Crippen LogP contribution in [0.2, 0.25) is 0 Å². The fourth-order valence-electron chi connectivity index (χ4n) is 0.418. The van der Waals surface area contributed by atoms with Crippen LogP contribution in [0.1, 0.15) is 19.8 Å². The van der Waals surface area contributed by atoms with Crippen LogP contribution >= 0.6 is 0 Å². The van der Waals surface area contributed by atoms with E-state index >= 15 is 0 Å². The van der Waals surface area contributed by atoms with Gasteiger partial charge < -0.3 is 0 Å². The zero-order chi connectivity index (χ0) is 7.11. The molecular weight excluding hydrogens is 110 g/mol. The smallest absolute Gasteiger partial charge is 0.0940 e. The zero-order valence-corrected chi connectivity index (χ0v) is 5.52. The topological polar surface area (TPSA) is 23.8 Å². The lowest BCUT2D eigenvalue weighted by atomic mass is 10.2. The molecule has 0 saturated carbocycles. The van der Waals surface area contributed by atoms with Gasteiger partial charge in [-0.2, -0.15) is 5.26 Å². The second-order valence-corrected chi connectivity index (χ2v) is 1.74. The van der Waals surface area contributed by atoms with Crippen molar-refractivity contribution in [2.75, 3.05) is 0 Å². The third-order valence-corrected chi connectivity index (χ3v) is 0.916. The predicted octanol–water partition coefficient (Wildman–Crippen LogP) is 1.87. The molecule has 0 N–H and O–H groups in total. The first kappa shape index (κ1) is 7.79. The van der Waals surface area contributed by atoms with Gasteiger partial charge in [0.25, 0.3) is 0 Å². The number of terminal acetylenes is 1. The normalized spacial score (nSPS) is 9.89. The van der Waals surface area contributed by atoms with E-state index in [0.29, 0.717) is 0 Å². The van der Waals surface area contributed by atoms with Crippen LogP contribution in [0.5, 0.6) is 0 Å². The van der Waals surface area contributed by atoms with Gasteiger partial charge in [0.2, 0.25) is 0 Å². The van der Waals surface area contributed by atoms with Gasteiger partial charge in [0.05, 0.1) is 6.07 Å². The van der Waals surface area contributed by atoms with E-state index in [1.54, 1.807) is 6.92 Å². The van der Waals surface area contributed by atoms with Crippen molar-refractivity contribution in [1.29, 1.82) is 5.26 Å². The Kier molecular flexibility index (Phi) is 4.27. The van der Waals surface area contributed by atoms with Crippen molar-refractivity contribution in [1.82, 2.24) is 0 Å². The van der Waals surface area contributed by atoms with Gasteiger partial charge in [-0.1, -0.05) is 6.08 Å². The number of nitriles is 1. The molecule has 0 unspecified atom stereocenters. The first-order chi connectivity index (χ1) is 4.31. The largest absolute Gasteiger partial charge is 0.193 e. The molecule has 0 rings (SSSR count). The molecule has 0 spiro atoms. The Morgan fingerprint density at radius 3 is 2.89 bits per heavy atom. The fraction of sp³-hybridized carbons (Fsp3) is 0.375. The molecular formula is C8H9N. The minimum absolute atomic E-state index is 0.721. The molecule has 0 aromatic carbocycles. The average molecular weight is 119 g/mol. The Labute approximate surface area is 56.0 Å². The Hall–Kier alpha value is -1.21. The minimum atomic E-state index is 0.721. The summed E-state index contributed by atoms with van der Waals surface area (Å²) in [7, 11) is 0. The number of nitrogens with zero attached hydrogens (tertiary/aromatic N) is 1. The Balaban J connectivity index is 3.50. The molecule has 0 bridgehead atoms. The second kappa shape index (κ2) is 4.94. The second-order valence-electron chi connectivity index (χ2n) is 1.74. The molecule has 0 aliphatic carbocycles. The van der Waals surface area contributed by atoms with Gasteiger partial charge in [-0.05, 0) is 13.3 Å². The maximum absolute atomic E-state index is 8.26. The van der Waals surface area contributed by atoms with Crippen LogP contribution < -0.4 is 0 Å². The Bertz CT molecular complexity index is 176. The summed E-state index contributed by atoms with van der Waals surface area (Å²) in [6.07, 6.45) is 8.38. The van der Waals surface area contributed by atoms with E-state index in [-0.39, 0.29) is 0 Å². The van der Waals surface area contributed by atoms with Crippen molar-refractivity contribution in [2.24, 2.45) is 0 Å². The average Bonchev–Trinajstić information content (AvgIpc) is 1.89. The predicted molar refractivity (Wildman–Crippen MR) is 37.4 cm³/mol.